The first-order valence-corrected chi connectivity index (χ1v) is 9.03. The van der Waals surface area contributed by atoms with Crippen LogP contribution < -0.4 is 0 Å². The highest BCUT2D eigenvalue weighted by molar-refractivity contribution is 7.10. The first kappa shape index (κ1) is 18.4. The fourth-order valence-corrected chi connectivity index (χ4v) is 3.36. The van der Waals surface area contributed by atoms with Crippen LogP contribution in [0.25, 0.3) is 0 Å². The highest BCUT2D eigenvalue weighted by Gasteiger charge is 2.26. The van der Waals surface area contributed by atoms with Crippen molar-refractivity contribution in [2.45, 2.75) is 45.8 Å². The third-order valence-electron chi connectivity index (χ3n) is 3.72. The Bertz CT molecular complexity index is 532. The van der Waals surface area contributed by atoms with Gasteiger partial charge in [-0.15, -0.1) is 5.10 Å². The summed E-state index contributed by atoms with van der Waals surface area (Å²) in [6.07, 6.45) is 1.97. The number of piperidine rings is 1. The lowest BCUT2D eigenvalue weighted by Gasteiger charge is -2.34. The van der Waals surface area contributed by atoms with Crippen molar-refractivity contribution in [1.82, 2.24) is 19.4 Å². The zero-order valence-corrected chi connectivity index (χ0v) is 15.8. The molecule has 1 atom stereocenters. The van der Waals surface area contributed by atoms with E-state index < -0.39 is 5.60 Å². The standard InChI is InChI=1S/C15H25ClN4O2S/c1-15(2,3)22-14(21)19(4)8-11-6-5-7-20(9-11)10-12-13(16)23-18-17-12/h11H,5-10H2,1-4H3/t11-/m1/s1. The number of carbonyl (C=O) groups excluding carboxylic acids is 1. The number of nitrogens with zero attached hydrogens (tertiary/aromatic N) is 4. The van der Waals surface area contributed by atoms with Gasteiger partial charge in [0.25, 0.3) is 0 Å². The Kier molecular flexibility index (Phi) is 6.22. The molecular weight excluding hydrogens is 336 g/mol. The largest absolute Gasteiger partial charge is 0.444 e. The summed E-state index contributed by atoms with van der Waals surface area (Å²) in [5.74, 6) is 0.437. The predicted octanol–water partition coefficient (Wildman–Crippen LogP) is 3.27. The Labute approximate surface area is 146 Å². The molecule has 1 aromatic heterocycles. The van der Waals surface area contributed by atoms with E-state index in [1.54, 1.807) is 11.9 Å². The molecule has 0 aromatic carbocycles. The summed E-state index contributed by atoms with van der Waals surface area (Å²) >= 11 is 7.30. The van der Waals surface area contributed by atoms with Crippen molar-refractivity contribution in [3.8, 4) is 0 Å². The smallest absolute Gasteiger partial charge is 0.410 e. The number of hydrogen-bond acceptors (Lipinski definition) is 6. The summed E-state index contributed by atoms with van der Waals surface area (Å²) in [4.78, 5) is 16.1. The molecule has 0 unspecified atom stereocenters. The molecule has 2 rings (SSSR count). The van der Waals surface area contributed by atoms with E-state index in [1.165, 1.54) is 11.5 Å². The van der Waals surface area contributed by atoms with Gasteiger partial charge in [0.1, 0.15) is 15.6 Å². The van der Waals surface area contributed by atoms with Crippen molar-refractivity contribution in [2.24, 2.45) is 5.92 Å². The highest BCUT2D eigenvalue weighted by Crippen LogP contribution is 2.23. The van der Waals surface area contributed by atoms with Crippen molar-refractivity contribution >= 4 is 29.2 Å². The van der Waals surface area contributed by atoms with E-state index in [1.807, 2.05) is 20.8 Å². The first-order valence-electron chi connectivity index (χ1n) is 7.88. The van der Waals surface area contributed by atoms with Gasteiger partial charge >= 0.3 is 6.09 Å². The van der Waals surface area contributed by atoms with Gasteiger partial charge in [-0.05, 0) is 46.1 Å². The second kappa shape index (κ2) is 7.77. The van der Waals surface area contributed by atoms with Gasteiger partial charge in [-0.25, -0.2) is 4.79 Å². The van der Waals surface area contributed by atoms with Gasteiger partial charge < -0.3 is 9.64 Å². The Morgan fingerprint density at radius 2 is 2.26 bits per heavy atom. The molecule has 1 aromatic rings. The number of ether oxygens (including phenoxy) is 1. The second-order valence-electron chi connectivity index (χ2n) is 7.10. The van der Waals surface area contributed by atoms with Crippen LogP contribution in [0, 0.1) is 5.92 Å². The lowest BCUT2D eigenvalue weighted by molar-refractivity contribution is 0.0241. The highest BCUT2D eigenvalue weighted by atomic mass is 35.5. The average molecular weight is 361 g/mol. The van der Waals surface area contributed by atoms with E-state index in [-0.39, 0.29) is 6.09 Å². The molecule has 0 radical (unpaired) electrons. The molecule has 0 saturated carbocycles. The van der Waals surface area contributed by atoms with E-state index >= 15 is 0 Å². The lowest BCUT2D eigenvalue weighted by atomic mass is 9.97. The number of amides is 1. The number of carbonyl (C=O) groups is 1. The summed E-state index contributed by atoms with van der Waals surface area (Å²) in [7, 11) is 1.80. The van der Waals surface area contributed by atoms with Crippen LogP contribution in [0.1, 0.15) is 39.3 Å². The topological polar surface area (TPSA) is 58.6 Å². The Morgan fingerprint density at radius 3 is 2.87 bits per heavy atom. The predicted molar refractivity (Wildman–Crippen MR) is 91.8 cm³/mol. The Morgan fingerprint density at radius 1 is 1.52 bits per heavy atom. The molecular formula is C15H25ClN4O2S. The van der Waals surface area contributed by atoms with Gasteiger partial charge in [-0.2, -0.15) is 0 Å². The van der Waals surface area contributed by atoms with E-state index in [4.69, 9.17) is 16.3 Å². The maximum atomic E-state index is 12.1. The van der Waals surface area contributed by atoms with Crippen LogP contribution in [0.3, 0.4) is 0 Å². The monoisotopic (exact) mass is 360 g/mol. The Hall–Kier alpha value is -0.920. The number of likely N-dealkylation sites (tertiary alicyclic amines) is 1. The van der Waals surface area contributed by atoms with Gasteiger partial charge in [-0.1, -0.05) is 16.1 Å². The average Bonchev–Trinajstić information content (AvgIpc) is 2.83. The van der Waals surface area contributed by atoms with Crippen molar-refractivity contribution < 1.29 is 9.53 Å². The minimum Gasteiger partial charge on any atom is -0.444 e. The van der Waals surface area contributed by atoms with Gasteiger partial charge in [-0.3, -0.25) is 4.90 Å². The fourth-order valence-electron chi connectivity index (χ4n) is 2.75. The van der Waals surface area contributed by atoms with Gasteiger partial charge in [0.2, 0.25) is 0 Å². The summed E-state index contributed by atoms with van der Waals surface area (Å²) in [6, 6.07) is 0. The van der Waals surface area contributed by atoms with Crippen LogP contribution in [0.4, 0.5) is 4.79 Å². The second-order valence-corrected chi connectivity index (χ2v) is 8.45. The Balaban J connectivity index is 1.84. The quantitative estimate of drug-likeness (QED) is 0.824. The van der Waals surface area contributed by atoms with Crippen molar-refractivity contribution in [3.63, 3.8) is 0 Å². The van der Waals surface area contributed by atoms with E-state index in [0.717, 1.165) is 38.2 Å². The van der Waals surface area contributed by atoms with Crippen LogP contribution in [-0.2, 0) is 11.3 Å². The van der Waals surface area contributed by atoms with E-state index in [2.05, 4.69) is 14.5 Å². The van der Waals surface area contributed by atoms with E-state index in [0.29, 0.717) is 16.8 Å². The number of aromatic nitrogens is 2. The third kappa shape index (κ3) is 5.90. The fraction of sp³-hybridized carbons (Fsp3) is 0.800. The van der Waals surface area contributed by atoms with Gasteiger partial charge in [0.15, 0.2) is 0 Å². The molecule has 1 aliphatic heterocycles. The molecule has 1 saturated heterocycles. The molecule has 0 spiro atoms. The molecule has 6 nitrogen and oxygen atoms in total. The van der Waals surface area contributed by atoms with Gasteiger partial charge in [0, 0.05) is 38.2 Å². The van der Waals surface area contributed by atoms with Crippen LogP contribution in [-0.4, -0.2) is 57.8 Å². The number of rotatable bonds is 4. The lowest BCUT2D eigenvalue weighted by Crippen LogP contribution is -2.42. The zero-order valence-electron chi connectivity index (χ0n) is 14.2. The molecule has 23 heavy (non-hydrogen) atoms. The maximum Gasteiger partial charge on any atom is 0.410 e. The summed E-state index contributed by atoms with van der Waals surface area (Å²) < 4.78 is 9.95. The summed E-state index contributed by atoms with van der Waals surface area (Å²) in [5, 5.41) is 4.07. The SMILES string of the molecule is CN(C[C@H]1CCCN(Cc2nnsc2Cl)C1)C(=O)OC(C)(C)C. The van der Waals surface area contributed by atoms with Crippen molar-refractivity contribution in [2.75, 3.05) is 26.7 Å². The molecule has 130 valence electrons. The number of hydrogen-bond donors (Lipinski definition) is 0. The van der Waals surface area contributed by atoms with Crippen LogP contribution in [0.2, 0.25) is 4.34 Å². The number of halogens is 1. The molecule has 0 aliphatic carbocycles. The maximum absolute atomic E-state index is 12.1. The van der Waals surface area contributed by atoms with E-state index in [9.17, 15) is 4.79 Å². The van der Waals surface area contributed by atoms with Gasteiger partial charge in [0.05, 0.1) is 0 Å². The third-order valence-corrected chi connectivity index (χ3v) is 4.71. The molecule has 1 amide bonds. The molecule has 8 heteroatoms. The first-order chi connectivity index (χ1) is 10.7. The van der Waals surface area contributed by atoms with Crippen LogP contribution >= 0.6 is 23.1 Å². The molecule has 0 N–H and O–H groups in total. The molecule has 1 aliphatic rings. The normalized spacial score (nSPS) is 19.6. The van der Waals surface area contributed by atoms with Crippen molar-refractivity contribution in [3.05, 3.63) is 10.0 Å². The minimum atomic E-state index is -0.460. The molecule has 1 fully saturated rings. The summed E-state index contributed by atoms with van der Waals surface area (Å²) in [6.45, 7) is 9.03. The zero-order chi connectivity index (χ0) is 17.0. The van der Waals surface area contributed by atoms with Crippen molar-refractivity contribution in [1.29, 1.82) is 0 Å². The van der Waals surface area contributed by atoms with Crippen LogP contribution in [0.15, 0.2) is 0 Å². The summed E-state index contributed by atoms with van der Waals surface area (Å²) in [5.41, 5.74) is 0.385. The molecule has 2 heterocycles. The minimum absolute atomic E-state index is 0.263. The molecule has 0 bridgehead atoms. The van der Waals surface area contributed by atoms with Crippen LogP contribution in [0.5, 0.6) is 0 Å².